The minimum atomic E-state index is 0.409. The normalized spacial score (nSPS) is 11.9. The van der Waals surface area contributed by atoms with Crippen molar-refractivity contribution >= 4 is 87.5 Å². The Hall–Kier alpha value is -10.1. The van der Waals surface area contributed by atoms with Gasteiger partial charge in [-0.3, -0.25) is 0 Å². The molecule has 0 N–H and O–H groups in total. The van der Waals surface area contributed by atoms with Gasteiger partial charge in [0.05, 0.1) is 27.6 Å². The summed E-state index contributed by atoms with van der Waals surface area (Å²) in [6, 6.07) is 77.5. The van der Waals surface area contributed by atoms with Crippen molar-refractivity contribution in [1.82, 2.24) is 24.1 Å². The molecule has 8 nitrogen and oxygen atoms in total. The molecule has 0 fully saturated rings. The summed E-state index contributed by atoms with van der Waals surface area (Å²) in [7, 11) is 0. The van der Waals surface area contributed by atoms with Crippen molar-refractivity contribution in [2.45, 2.75) is 0 Å². The van der Waals surface area contributed by atoms with Gasteiger partial charge >= 0.3 is 0 Å². The predicted octanol–water partition coefficient (Wildman–Crippen LogP) is 16.4. The van der Waals surface area contributed by atoms with E-state index in [-0.39, 0.29) is 0 Å². The van der Waals surface area contributed by atoms with Crippen LogP contribution in [0.1, 0.15) is 5.56 Å². The Kier molecular flexibility index (Phi) is 8.55. The minimum absolute atomic E-state index is 0.409. The van der Waals surface area contributed by atoms with Gasteiger partial charge in [0.2, 0.25) is 0 Å². The predicted molar refractivity (Wildman–Crippen MR) is 290 cm³/mol. The van der Waals surface area contributed by atoms with Gasteiger partial charge in [-0.15, -0.1) is 0 Å². The van der Waals surface area contributed by atoms with Gasteiger partial charge in [0, 0.05) is 65.5 Å². The summed E-state index contributed by atoms with van der Waals surface area (Å²) in [5.74, 6) is 1.49. The Labute approximate surface area is 410 Å². The van der Waals surface area contributed by atoms with E-state index in [0.29, 0.717) is 45.5 Å². The number of furan rings is 2. The number of aromatic nitrogens is 5. The highest BCUT2D eigenvalue weighted by molar-refractivity contribution is 6.22. The molecule has 0 atom stereocenters. The van der Waals surface area contributed by atoms with E-state index in [1.807, 2.05) is 97.1 Å². The number of hydrogen-bond donors (Lipinski definition) is 0. The molecule has 5 aromatic heterocycles. The van der Waals surface area contributed by atoms with Gasteiger partial charge in [-0.25, -0.2) is 15.0 Å². The summed E-state index contributed by atoms with van der Waals surface area (Å²) in [6.45, 7) is 0. The maximum atomic E-state index is 11.5. The summed E-state index contributed by atoms with van der Waals surface area (Å²) in [5, 5.41) is 19.6. The van der Waals surface area contributed by atoms with Crippen molar-refractivity contribution in [1.29, 1.82) is 5.26 Å². The Morgan fingerprint density at radius 3 is 1.58 bits per heavy atom. The van der Waals surface area contributed by atoms with Gasteiger partial charge < -0.3 is 18.0 Å². The third-order valence-electron chi connectivity index (χ3n) is 14.2. The highest BCUT2D eigenvalue weighted by Crippen LogP contribution is 2.46. The molecule has 0 aliphatic rings. The molecule has 0 unspecified atom stereocenters. The van der Waals surface area contributed by atoms with E-state index in [2.05, 4.69) is 137 Å². The van der Waals surface area contributed by atoms with Gasteiger partial charge in [-0.2, -0.15) is 5.26 Å². The quantitative estimate of drug-likeness (QED) is 0.165. The molecule has 8 heteroatoms. The fraction of sp³-hybridized carbons (Fsp3) is 0. The summed E-state index contributed by atoms with van der Waals surface area (Å²) < 4.78 is 17.9. The molecule has 0 saturated carbocycles. The van der Waals surface area contributed by atoms with E-state index in [9.17, 15) is 5.26 Å². The first-order chi connectivity index (χ1) is 35.6. The van der Waals surface area contributed by atoms with E-state index in [1.54, 1.807) is 0 Å². The minimum Gasteiger partial charge on any atom is -0.456 e. The van der Waals surface area contributed by atoms with E-state index < -0.39 is 0 Å². The zero-order chi connectivity index (χ0) is 47.4. The topological polar surface area (TPSA) is 98.6 Å². The molecule has 15 rings (SSSR count). The Balaban J connectivity index is 1.05. The molecule has 0 spiro atoms. The summed E-state index contributed by atoms with van der Waals surface area (Å²) in [4.78, 5) is 15.4. The van der Waals surface area contributed by atoms with E-state index in [4.69, 9.17) is 23.8 Å². The highest BCUT2D eigenvalue weighted by atomic mass is 16.3. The third-order valence-corrected chi connectivity index (χ3v) is 14.2. The first kappa shape index (κ1) is 39.9. The van der Waals surface area contributed by atoms with E-state index in [0.717, 1.165) is 104 Å². The number of para-hydroxylation sites is 4. The molecule has 72 heavy (non-hydrogen) atoms. The highest BCUT2D eigenvalue weighted by Gasteiger charge is 2.27. The lowest BCUT2D eigenvalue weighted by molar-refractivity contribution is 0.666. The molecule has 15 aromatic rings. The first-order valence-electron chi connectivity index (χ1n) is 23.9. The van der Waals surface area contributed by atoms with Gasteiger partial charge in [0.15, 0.2) is 23.1 Å². The van der Waals surface area contributed by atoms with Crippen molar-refractivity contribution in [3.8, 4) is 62.7 Å². The Bertz CT molecular complexity index is 4690. The van der Waals surface area contributed by atoms with E-state index >= 15 is 0 Å². The van der Waals surface area contributed by atoms with Crippen molar-refractivity contribution < 1.29 is 8.83 Å². The third kappa shape index (κ3) is 5.95. The summed E-state index contributed by atoms with van der Waals surface area (Å²) in [5.41, 5.74) is 13.6. The number of benzene rings is 10. The average Bonchev–Trinajstić information content (AvgIpc) is 4.20. The lowest BCUT2D eigenvalue weighted by Crippen LogP contribution is -2.03. The van der Waals surface area contributed by atoms with Gasteiger partial charge in [0.1, 0.15) is 28.5 Å². The number of hydrogen-bond acceptors (Lipinski definition) is 6. The smallest absolute Gasteiger partial charge is 0.164 e. The number of nitrogens with zero attached hydrogens (tertiary/aromatic N) is 6. The largest absolute Gasteiger partial charge is 0.456 e. The molecule has 0 saturated heterocycles. The van der Waals surface area contributed by atoms with Crippen molar-refractivity contribution in [3.63, 3.8) is 0 Å². The maximum Gasteiger partial charge on any atom is 0.164 e. The number of nitriles is 1. The molecule has 334 valence electrons. The van der Waals surface area contributed by atoms with Crippen LogP contribution >= 0.6 is 0 Å². The molecule has 0 bridgehead atoms. The van der Waals surface area contributed by atoms with Crippen LogP contribution in [0.5, 0.6) is 0 Å². The van der Waals surface area contributed by atoms with Crippen LogP contribution in [0.3, 0.4) is 0 Å². The molecular formula is C64H36N6O2. The zero-order valence-electron chi connectivity index (χ0n) is 38.3. The first-order valence-corrected chi connectivity index (χ1v) is 23.9. The van der Waals surface area contributed by atoms with Crippen LogP contribution in [0.4, 0.5) is 0 Å². The second-order valence-electron chi connectivity index (χ2n) is 18.2. The van der Waals surface area contributed by atoms with Crippen LogP contribution < -0.4 is 0 Å². The molecule has 0 amide bonds. The van der Waals surface area contributed by atoms with Crippen molar-refractivity contribution in [2.75, 3.05) is 0 Å². The van der Waals surface area contributed by atoms with Crippen LogP contribution in [0.15, 0.2) is 227 Å². The van der Waals surface area contributed by atoms with Crippen molar-refractivity contribution in [2.24, 2.45) is 0 Å². The summed E-state index contributed by atoms with van der Waals surface area (Å²) in [6.07, 6.45) is 0. The molecule has 0 aliphatic carbocycles. The van der Waals surface area contributed by atoms with Crippen LogP contribution in [-0.4, -0.2) is 24.1 Å². The van der Waals surface area contributed by atoms with Gasteiger partial charge in [-0.05, 0) is 83.9 Å². The molecule has 0 radical (unpaired) electrons. The van der Waals surface area contributed by atoms with Crippen LogP contribution in [0.2, 0.25) is 0 Å². The summed E-state index contributed by atoms with van der Waals surface area (Å²) >= 11 is 0. The molecular weight excluding hydrogens is 885 g/mol. The fourth-order valence-electron chi connectivity index (χ4n) is 11.0. The SMILES string of the molecule is N#Cc1cc(-c2nc(-c3ccccc3)nc(-c3ccccc3)n2)c2c(oc3ccccc32)c1-n1c2ccc(-c3ccc4oc5ccccc5c4c3)cc2c2cc3c(cc21)c1ccccc1n3-c1ccccc1. The zero-order valence-corrected chi connectivity index (χ0v) is 38.3. The molecule has 0 aliphatic heterocycles. The lowest BCUT2D eigenvalue weighted by Gasteiger charge is -2.14. The van der Waals surface area contributed by atoms with Crippen LogP contribution in [-0.2, 0) is 0 Å². The fourth-order valence-corrected chi connectivity index (χ4v) is 11.0. The standard InChI is InChI=1S/C64H36N6O2/c65-37-42-34-51(64-67-62(38-16-4-1-5-17-38)66-63(68-64)39-18-6-2-7-19-39)59-46-24-12-15-27-57(46)72-61(59)60(42)70-53-30-28-40(41-29-31-58-50(33-41)45-23-11-14-26-56(45)71-58)32-47(53)49-36-54-48(35-55(49)70)44-22-10-13-25-52(44)69(54)43-20-8-3-9-21-43/h1-36H. The van der Waals surface area contributed by atoms with E-state index in [1.165, 1.54) is 0 Å². The number of rotatable bonds is 6. The van der Waals surface area contributed by atoms with Gasteiger partial charge in [0.25, 0.3) is 0 Å². The second-order valence-corrected chi connectivity index (χ2v) is 18.2. The number of fused-ring (bicyclic) bond motifs is 12. The maximum absolute atomic E-state index is 11.5. The monoisotopic (exact) mass is 920 g/mol. The molecule has 10 aromatic carbocycles. The lowest BCUT2D eigenvalue weighted by atomic mass is 10.00. The van der Waals surface area contributed by atoms with Crippen LogP contribution in [0.25, 0.3) is 144 Å². The Morgan fingerprint density at radius 2 is 0.875 bits per heavy atom. The second kappa shape index (κ2) is 15.5. The van der Waals surface area contributed by atoms with Gasteiger partial charge in [-0.1, -0.05) is 146 Å². The Morgan fingerprint density at radius 1 is 0.361 bits per heavy atom. The van der Waals surface area contributed by atoms with Crippen molar-refractivity contribution in [3.05, 3.63) is 224 Å². The van der Waals surface area contributed by atoms with Crippen LogP contribution in [0, 0.1) is 11.3 Å². The molecule has 5 heterocycles. The average molecular weight is 921 g/mol.